The number of carbonyl (C=O) groups excluding carboxylic acids is 4. The number of hydrogen-bond donors (Lipinski definition) is 5. The van der Waals surface area contributed by atoms with E-state index in [0.29, 0.717) is 19.3 Å². The van der Waals surface area contributed by atoms with E-state index in [1.165, 1.54) is 22.3 Å². The van der Waals surface area contributed by atoms with Gasteiger partial charge in [-0.2, -0.15) is 0 Å². The van der Waals surface area contributed by atoms with Gasteiger partial charge in [-0.15, -0.1) is 0 Å². The Labute approximate surface area is 229 Å². The number of amides is 4. The molecule has 0 radical (unpaired) electrons. The van der Waals surface area contributed by atoms with Crippen LogP contribution in [0.1, 0.15) is 55.4 Å². The Bertz CT molecular complexity index is 1160. The summed E-state index contributed by atoms with van der Waals surface area (Å²) in [6, 6.07) is 14.8. The van der Waals surface area contributed by atoms with Crippen LogP contribution in [0.3, 0.4) is 0 Å². The summed E-state index contributed by atoms with van der Waals surface area (Å²) in [4.78, 5) is 51.6. The Morgan fingerprint density at radius 3 is 1.69 bits per heavy atom. The Morgan fingerprint density at radius 1 is 0.744 bits per heavy atom. The normalized spacial score (nSPS) is 16.2. The average molecular weight is 535 g/mol. The van der Waals surface area contributed by atoms with Gasteiger partial charge in [0.1, 0.15) is 6.04 Å². The summed E-state index contributed by atoms with van der Waals surface area (Å²) in [7, 11) is 0. The van der Waals surface area contributed by atoms with E-state index >= 15 is 0 Å². The molecule has 4 amide bonds. The van der Waals surface area contributed by atoms with Gasteiger partial charge in [0.15, 0.2) is 0 Å². The summed E-state index contributed by atoms with van der Waals surface area (Å²) in [6.07, 6.45) is 2.75. The molecule has 2 aliphatic rings. The molecule has 0 aromatic heterocycles. The number of hydroxylamine groups is 1. The van der Waals surface area contributed by atoms with Crippen LogP contribution >= 0.6 is 0 Å². The van der Waals surface area contributed by atoms with Crippen molar-refractivity contribution in [1.82, 2.24) is 21.4 Å². The minimum atomic E-state index is -1.10. The van der Waals surface area contributed by atoms with Crippen LogP contribution in [0, 0.1) is 11.8 Å². The van der Waals surface area contributed by atoms with Crippen LogP contribution in [0.2, 0.25) is 0 Å². The van der Waals surface area contributed by atoms with Crippen molar-refractivity contribution in [3.05, 3.63) is 70.8 Å². The van der Waals surface area contributed by atoms with Crippen LogP contribution < -0.4 is 21.4 Å². The zero-order valence-corrected chi connectivity index (χ0v) is 22.5. The number of benzene rings is 2. The maximum Gasteiger partial charge on any atom is 0.244 e. The van der Waals surface area contributed by atoms with E-state index < -0.39 is 29.7 Å². The lowest BCUT2D eigenvalue weighted by atomic mass is 9.92. The van der Waals surface area contributed by atoms with Crippen molar-refractivity contribution in [2.75, 3.05) is 0 Å². The van der Waals surface area contributed by atoms with Crippen molar-refractivity contribution in [1.29, 1.82) is 0 Å². The summed E-state index contributed by atoms with van der Waals surface area (Å²) in [6.45, 7) is 3.85. The molecule has 0 heterocycles. The van der Waals surface area contributed by atoms with Gasteiger partial charge in [-0.3, -0.25) is 24.4 Å². The van der Waals surface area contributed by atoms with Gasteiger partial charge >= 0.3 is 0 Å². The number of nitrogens with one attached hydrogen (secondary N) is 4. The first kappa shape index (κ1) is 28.3. The molecule has 2 atom stereocenters. The summed E-state index contributed by atoms with van der Waals surface area (Å²) in [5.41, 5.74) is 6.32. The zero-order valence-electron chi connectivity index (χ0n) is 22.5. The summed E-state index contributed by atoms with van der Waals surface area (Å²) >= 11 is 0. The first-order valence-electron chi connectivity index (χ1n) is 13.7. The van der Waals surface area contributed by atoms with Crippen molar-refractivity contribution in [2.45, 2.75) is 76.9 Å². The summed E-state index contributed by atoms with van der Waals surface area (Å²) < 4.78 is 0. The lowest BCUT2D eigenvalue weighted by Crippen LogP contribution is -2.53. The fourth-order valence-corrected chi connectivity index (χ4v) is 5.72. The van der Waals surface area contributed by atoms with Crippen molar-refractivity contribution in [3.63, 3.8) is 0 Å². The average Bonchev–Trinajstić information content (AvgIpc) is 3.50. The molecule has 9 heteroatoms. The third-order valence-electron chi connectivity index (χ3n) is 7.52. The largest absolute Gasteiger partial charge is 0.353 e. The Hall–Kier alpha value is -3.72. The molecule has 2 aromatic rings. The predicted molar refractivity (Wildman–Crippen MR) is 146 cm³/mol. The van der Waals surface area contributed by atoms with E-state index in [2.05, 4.69) is 28.1 Å². The van der Waals surface area contributed by atoms with Crippen LogP contribution in [-0.4, -0.2) is 47.0 Å². The molecule has 208 valence electrons. The standard InChI is InChI=1S/C30H38N4O5/c1-18(2)11-23(16-28(36)34-39)29(37)33-26(30(38)32-25-14-21-9-5-6-10-22(21)15-25)17-27(35)31-24-12-19-7-3-4-8-20(19)13-24/h3-10,18,23-26,39H,11-17H2,1-2H3,(H,31,35)(H,32,38)(H,33,37)(H,34,36)/t23-,26?/m0/s1. The van der Waals surface area contributed by atoms with Crippen LogP contribution in [0.4, 0.5) is 0 Å². The third kappa shape index (κ3) is 7.66. The van der Waals surface area contributed by atoms with Crippen molar-refractivity contribution in [3.8, 4) is 0 Å². The predicted octanol–water partition coefficient (Wildman–Crippen LogP) is 1.99. The first-order chi connectivity index (χ1) is 18.7. The number of rotatable bonds is 11. The maximum atomic E-state index is 13.4. The van der Waals surface area contributed by atoms with Gasteiger partial charge < -0.3 is 16.0 Å². The fraction of sp³-hybridized carbons (Fsp3) is 0.467. The molecule has 0 saturated heterocycles. The third-order valence-corrected chi connectivity index (χ3v) is 7.52. The maximum absolute atomic E-state index is 13.4. The molecule has 39 heavy (non-hydrogen) atoms. The lowest BCUT2D eigenvalue weighted by Gasteiger charge is -2.24. The lowest BCUT2D eigenvalue weighted by molar-refractivity contribution is -0.137. The molecule has 0 fully saturated rings. The highest BCUT2D eigenvalue weighted by molar-refractivity contribution is 5.93. The van der Waals surface area contributed by atoms with E-state index in [0.717, 1.165) is 12.8 Å². The molecule has 2 aromatic carbocycles. The molecule has 9 nitrogen and oxygen atoms in total. The zero-order chi connectivity index (χ0) is 27.9. The minimum absolute atomic E-state index is 0.0689. The van der Waals surface area contributed by atoms with E-state index in [-0.39, 0.29) is 36.8 Å². The molecule has 0 saturated carbocycles. The monoisotopic (exact) mass is 534 g/mol. The topological polar surface area (TPSA) is 137 Å². The van der Waals surface area contributed by atoms with Gasteiger partial charge in [0.25, 0.3) is 0 Å². The van der Waals surface area contributed by atoms with Gasteiger partial charge in [0.05, 0.1) is 6.42 Å². The van der Waals surface area contributed by atoms with Gasteiger partial charge in [-0.25, -0.2) is 5.48 Å². The molecule has 0 aliphatic heterocycles. The molecule has 0 bridgehead atoms. The second-order valence-electron chi connectivity index (χ2n) is 11.2. The van der Waals surface area contributed by atoms with E-state index in [4.69, 9.17) is 5.21 Å². The number of hydrogen-bond acceptors (Lipinski definition) is 5. The van der Waals surface area contributed by atoms with E-state index in [1.54, 1.807) is 5.48 Å². The highest BCUT2D eigenvalue weighted by Gasteiger charge is 2.32. The Balaban J connectivity index is 1.43. The first-order valence-corrected chi connectivity index (χ1v) is 13.7. The molecule has 5 N–H and O–H groups in total. The molecular weight excluding hydrogens is 496 g/mol. The van der Waals surface area contributed by atoms with Crippen molar-refractivity contribution >= 4 is 23.6 Å². The van der Waals surface area contributed by atoms with Crippen molar-refractivity contribution < 1.29 is 24.4 Å². The van der Waals surface area contributed by atoms with Crippen molar-refractivity contribution in [2.24, 2.45) is 11.8 Å². The Kier molecular flexibility index (Phi) is 9.35. The number of fused-ring (bicyclic) bond motifs is 2. The van der Waals surface area contributed by atoms with E-state index in [1.807, 2.05) is 50.2 Å². The molecule has 4 rings (SSSR count). The van der Waals surface area contributed by atoms with Crippen LogP contribution in [0.5, 0.6) is 0 Å². The molecule has 2 aliphatic carbocycles. The van der Waals surface area contributed by atoms with Gasteiger partial charge in [0, 0.05) is 24.4 Å². The minimum Gasteiger partial charge on any atom is -0.353 e. The summed E-state index contributed by atoms with van der Waals surface area (Å²) in [5, 5.41) is 17.8. The fourth-order valence-electron chi connectivity index (χ4n) is 5.72. The molecular formula is C30H38N4O5. The summed E-state index contributed by atoms with van der Waals surface area (Å²) in [5.74, 6) is -2.58. The Morgan fingerprint density at radius 2 is 1.23 bits per heavy atom. The second-order valence-corrected chi connectivity index (χ2v) is 11.2. The van der Waals surface area contributed by atoms with Crippen LogP contribution in [-0.2, 0) is 44.9 Å². The number of carbonyl (C=O) groups is 4. The quantitative estimate of drug-likeness (QED) is 0.222. The highest BCUT2D eigenvalue weighted by atomic mass is 16.5. The van der Waals surface area contributed by atoms with Gasteiger partial charge in [0.2, 0.25) is 23.6 Å². The van der Waals surface area contributed by atoms with Crippen LogP contribution in [0.15, 0.2) is 48.5 Å². The van der Waals surface area contributed by atoms with Crippen LogP contribution in [0.25, 0.3) is 0 Å². The molecule has 0 spiro atoms. The second kappa shape index (κ2) is 12.9. The van der Waals surface area contributed by atoms with E-state index in [9.17, 15) is 19.2 Å². The smallest absolute Gasteiger partial charge is 0.244 e. The van der Waals surface area contributed by atoms with Gasteiger partial charge in [-0.1, -0.05) is 62.4 Å². The van der Waals surface area contributed by atoms with Gasteiger partial charge in [-0.05, 0) is 60.3 Å². The molecule has 1 unspecified atom stereocenters. The SMILES string of the molecule is CC(C)C[C@@H](CC(=O)NO)C(=O)NC(CC(=O)NC1Cc2ccccc2C1)C(=O)NC1Cc2ccccc2C1. The highest BCUT2D eigenvalue weighted by Crippen LogP contribution is 2.23.